The van der Waals surface area contributed by atoms with E-state index in [2.05, 4.69) is 12.1 Å². The number of nitrogens with zero attached hydrogens (tertiary/aromatic N) is 1. The molecule has 0 bridgehead atoms. The lowest BCUT2D eigenvalue weighted by Gasteiger charge is -2.18. The van der Waals surface area contributed by atoms with Crippen LogP contribution < -0.4 is 0 Å². The van der Waals surface area contributed by atoms with Crippen LogP contribution in [0, 0.1) is 6.92 Å². The summed E-state index contributed by atoms with van der Waals surface area (Å²) in [4.78, 5) is 14.1. The van der Waals surface area contributed by atoms with Gasteiger partial charge in [-0.25, -0.2) is 0 Å². The SMILES string of the molecule is Cc1cc(O)ccc1C(=O)N(C)CCc1ccccc1. The van der Waals surface area contributed by atoms with Gasteiger partial charge in [0.1, 0.15) is 5.75 Å². The molecule has 20 heavy (non-hydrogen) atoms. The fourth-order valence-electron chi connectivity index (χ4n) is 2.14. The van der Waals surface area contributed by atoms with E-state index >= 15 is 0 Å². The minimum absolute atomic E-state index is 0.0153. The van der Waals surface area contributed by atoms with Crippen molar-refractivity contribution < 1.29 is 9.90 Å². The first-order valence-corrected chi connectivity index (χ1v) is 6.67. The molecular formula is C17H19NO2. The molecule has 0 heterocycles. The number of amides is 1. The Hall–Kier alpha value is -2.29. The maximum Gasteiger partial charge on any atom is 0.253 e. The van der Waals surface area contributed by atoms with Gasteiger partial charge in [-0.3, -0.25) is 4.79 Å². The molecule has 0 saturated carbocycles. The minimum atomic E-state index is -0.0153. The molecule has 0 radical (unpaired) electrons. The summed E-state index contributed by atoms with van der Waals surface area (Å²) in [6, 6.07) is 14.9. The van der Waals surface area contributed by atoms with Gasteiger partial charge < -0.3 is 10.0 Å². The Morgan fingerprint density at radius 3 is 2.50 bits per heavy atom. The molecule has 0 aliphatic carbocycles. The van der Waals surface area contributed by atoms with Crippen molar-refractivity contribution in [2.75, 3.05) is 13.6 Å². The predicted molar refractivity (Wildman–Crippen MR) is 80.0 cm³/mol. The molecule has 0 aliphatic heterocycles. The van der Waals surface area contributed by atoms with Crippen LogP contribution in [0.15, 0.2) is 48.5 Å². The van der Waals surface area contributed by atoms with Crippen molar-refractivity contribution >= 4 is 5.91 Å². The highest BCUT2D eigenvalue weighted by Gasteiger charge is 2.14. The van der Waals surface area contributed by atoms with Crippen LogP contribution in [0.1, 0.15) is 21.5 Å². The zero-order chi connectivity index (χ0) is 14.5. The molecule has 0 aromatic heterocycles. The lowest BCUT2D eigenvalue weighted by Crippen LogP contribution is -2.29. The molecule has 104 valence electrons. The van der Waals surface area contributed by atoms with E-state index in [9.17, 15) is 9.90 Å². The van der Waals surface area contributed by atoms with Crippen molar-refractivity contribution in [1.29, 1.82) is 0 Å². The highest BCUT2D eigenvalue weighted by atomic mass is 16.3. The number of rotatable bonds is 4. The highest BCUT2D eigenvalue weighted by Crippen LogP contribution is 2.17. The number of phenols is 1. The third kappa shape index (κ3) is 3.38. The van der Waals surface area contributed by atoms with Gasteiger partial charge in [0.05, 0.1) is 0 Å². The van der Waals surface area contributed by atoms with Crippen LogP contribution in [0.5, 0.6) is 5.75 Å². The van der Waals surface area contributed by atoms with Crippen molar-refractivity contribution in [3.8, 4) is 5.75 Å². The first kappa shape index (κ1) is 14.1. The van der Waals surface area contributed by atoms with Gasteiger partial charge in [-0.1, -0.05) is 30.3 Å². The smallest absolute Gasteiger partial charge is 0.253 e. The average molecular weight is 269 g/mol. The monoisotopic (exact) mass is 269 g/mol. The lowest BCUT2D eigenvalue weighted by atomic mass is 10.1. The highest BCUT2D eigenvalue weighted by molar-refractivity contribution is 5.95. The number of hydrogen-bond acceptors (Lipinski definition) is 2. The number of carbonyl (C=O) groups excluding carboxylic acids is 1. The predicted octanol–water partition coefficient (Wildman–Crippen LogP) is 3.02. The van der Waals surface area contributed by atoms with Crippen molar-refractivity contribution in [2.45, 2.75) is 13.3 Å². The fraction of sp³-hybridized carbons (Fsp3) is 0.235. The molecule has 3 heteroatoms. The Morgan fingerprint density at radius 2 is 1.85 bits per heavy atom. The molecular weight excluding hydrogens is 250 g/mol. The number of aryl methyl sites for hydroxylation is 1. The molecule has 0 unspecified atom stereocenters. The zero-order valence-electron chi connectivity index (χ0n) is 11.8. The zero-order valence-corrected chi connectivity index (χ0v) is 11.8. The third-order valence-electron chi connectivity index (χ3n) is 3.37. The molecule has 1 N–H and O–H groups in total. The van der Waals surface area contributed by atoms with Crippen molar-refractivity contribution in [1.82, 2.24) is 4.90 Å². The molecule has 1 amide bonds. The number of benzene rings is 2. The first-order chi connectivity index (χ1) is 9.58. The second-order valence-corrected chi connectivity index (χ2v) is 4.96. The summed E-state index contributed by atoms with van der Waals surface area (Å²) in [5.74, 6) is 0.171. The van der Waals surface area contributed by atoms with Crippen molar-refractivity contribution in [3.05, 3.63) is 65.2 Å². The van der Waals surface area contributed by atoms with Crippen LogP contribution in [0.25, 0.3) is 0 Å². The maximum absolute atomic E-state index is 12.3. The second kappa shape index (κ2) is 6.24. The normalized spacial score (nSPS) is 10.3. The molecule has 3 nitrogen and oxygen atoms in total. The summed E-state index contributed by atoms with van der Waals surface area (Å²) >= 11 is 0. The van der Waals surface area contributed by atoms with Crippen LogP contribution in [-0.2, 0) is 6.42 Å². The van der Waals surface area contributed by atoms with E-state index in [-0.39, 0.29) is 11.7 Å². The molecule has 2 rings (SSSR count). The van der Waals surface area contributed by atoms with E-state index in [1.807, 2.05) is 25.1 Å². The van der Waals surface area contributed by atoms with Gasteiger partial charge in [-0.15, -0.1) is 0 Å². The van der Waals surface area contributed by atoms with Crippen molar-refractivity contribution in [3.63, 3.8) is 0 Å². The fourth-order valence-corrected chi connectivity index (χ4v) is 2.14. The topological polar surface area (TPSA) is 40.5 Å². The van der Waals surface area contributed by atoms with Crippen LogP contribution >= 0.6 is 0 Å². The second-order valence-electron chi connectivity index (χ2n) is 4.96. The largest absolute Gasteiger partial charge is 0.508 e. The minimum Gasteiger partial charge on any atom is -0.508 e. The van der Waals surface area contributed by atoms with Gasteiger partial charge in [-0.05, 0) is 42.7 Å². The average Bonchev–Trinajstić information content (AvgIpc) is 2.45. The van der Waals surface area contributed by atoms with E-state index in [0.717, 1.165) is 12.0 Å². The molecule has 0 spiro atoms. The van der Waals surface area contributed by atoms with E-state index in [0.29, 0.717) is 12.1 Å². The first-order valence-electron chi connectivity index (χ1n) is 6.67. The number of phenolic OH excluding ortho intramolecular Hbond substituents is 1. The van der Waals surface area contributed by atoms with E-state index in [1.54, 1.807) is 30.1 Å². The number of carbonyl (C=O) groups is 1. The molecule has 2 aromatic rings. The van der Waals surface area contributed by atoms with Crippen LogP contribution in [0.3, 0.4) is 0 Å². The lowest BCUT2D eigenvalue weighted by molar-refractivity contribution is 0.0796. The quantitative estimate of drug-likeness (QED) is 0.927. The van der Waals surface area contributed by atoms with Gasteiger partial charge in [0.2, 0.25) is 0 Å². The summed E-state index contributed by atoms with van der Waals surface area (Å²) in [6.07, 6.45) is 0.834. The van der Waals surface area contributed by atoms with Gasteiger partial charge >= 0.3 is 0 Å². The van der Waals surface area contributed by atoms with Gasteiger partial charge in [0.15, 0.2) is 0 Å². The van der Waals surface area contributed by atoms with Crippen molar-refractivity contribution in [2.24, 2.45) is 0 Å². The number of likely N-dealkylation sites (N-methyl/N-ethyl adjacent to an activating group) is 1. The summed E-state index contributed by atoms with van der Waals surface area (Å²) < 4.78 is 0. The summed E-state index contributed by atoms with van der Waals surface area (Å²) in [5.41, 5.74) is 2.65. The number of hydrogen-bond donors (Lipinski definition) is 1. The maximum atomic E-state index is 12.3. The Balaban J connectivity index is 2.01. The Labute approximate surface area is 119 Å². The molecule has 0 aliphatic rings. The molecule has 0 saturated heterocycles. The summed E-state index contributed by atoms with van der Waals surface area (Å²) in [6.45, 7) is 2.50. The van der Waals surface area contributed by atoms with Crippen LogP contribution in [-0.4, -0.2) is 29.5 Å². The van der Waals surface area contributed by atoms with Crippen LogP contribution in [0.2, 0.25) is 0 Å². The van der Waals surface area contributed by atoms with Gasteiger partial charge in [0.25, 0.3) is 5.91 Å². The van der Waals surface area contributed by atoms with Gasteiger partial charge in [0, 0.05) is 19.2 Å². The molecule has 0 fully saturated rings. The Morgan fingerprint density at radius 1 is 1.15 bits per heavy atom. The van der Waals surface area contributed by atoms with E-state index in [4.69, 9.17) is 0 Å². The standard InChI is InChI=1S/C17H19NO2/c1-13-12-15(19)8-9-16(13)17(20)18(2)11-10-14-6-4-3-5-7-14/h3-9,12,19H,10-11H2,1-2H3. The third-order valence-corrected chi connectivity index (χ3v) is 3.37. The van der Waals surface area contributed by atoms with Crippen LogP contribution in [0.4, 0.5) is 0 Å². The van der Waals surface area contributed by atoms with E-state index in [1.165, 1.54) is 5.56 Å². The summed E-state index contributed by atoms with van der Waals surface area (Å²) in [5, 5.41) is 9.39. The number of aromatic hydroxyl groups is 1. The van der Waals surface area contributed by atoms with E-state index < -0.39 is 0 Å². The summed E-state index contributed by atoms with van der Waals surface area (Å²) in [7, 11) is 1.80. The molecule has 0 atom stereocenters. The molecule has 2 aromatic carbocycles. The Bertz CT molecular complexity index is 593. The Kier molecular flexibility index (Phi) is 4.41. The van der Waals surface area contributed by atoms with Gasteiger partial charge in [-0.2, -0.15) is 0 Å².